The molecule has 0 radical (unpaired) electrons. The summed E-state index contributed by atoms with van der Waals surface area (Å²) in [6.07, 6.45) is 0.218. The third kappa shape index (κ3) is 6.65. The number of hydrogen-bond acceptors (Lipinski definition) is 7. The number of likely N-dealkylation sites (N-methyl/N-ethyl adjacent to an activating group) is 1. The molecule has 3 heterocycles. The van der Waals surface area contributed by atoms with Crippen molar-refractivity contribution in [2.75, 3.05) is 38.1 Å². The van der Waals surface area contributed by atoms with Crippen molar-refractivity contribution in [3.63, 3.8) is 0 Å². The van der Waals surface area contributed by atoms with E-state index in [4.69, 9.17) is 16.0 Å². The summed E-state index contributed by atoms with van der Waals surface area (Å²) in [4.78, 5) is 29.7. The van der Waals surface area contributed by atoms with Gasteiger partial charge < -0.3 is 30.0 Å². The fourth-order valence-corrected chi connectivity index (χ4v) is 6.80. The van der Waals surface area contributed by atoms with Crippen molar-refractivity contribution < 1.29 is 24.5 Å². The lowest BCUT2D eigenvalue weighted by atomic mass is 9.81. The lowest BCUT2D eigenvalue weighted by molar-refractivity contribution is 0.0641. The molecule has 3 aromatic carbocycles. The summed E-state index contributed by atoms with van der Waals surface area (Å²) in [5.41, 5.74) is 2.29. The fourth-order valence-electron chi connectivity index (χ4n) is 6.57. The fraction of sp³-hybridized carbons (Fsp3) is 0.333. The van der Waals surface area contributed by atoms with Crippen LogP contribution in [0.2, 0.25) is 5.02 Å². The number of nitrogens with zero attached hydrogens (tertiary/aromatic N) is 2. The van der Waals surface area contributed by atoms with Gasteiger partial charge in [-0.2, -0.15) is 0 Å². The summed E-state index contributed by atoms with van der Waals surface area (Å²) < 4.78 is 6.47. The van der Waals surface area contributed by atoms with Crippen LogP contribution in [0.25, 0.3) is 33.4 Å². The van der Waals surface area contributed by atoms with E-state index in [2.05, 4.69) is 5.32 Å². The summed E-state index contributed by atoms with van der Waals surface area (Å²) >= 11 is 6.48. The lowest BCUT2D eigenvalue weighted by Crippen LogP contribution is -2.48. The number of hydrogen-bond donors (Lipinski definition) is 4. The Bertz CT molecular complexity index is 1740. The van der Waals surface area contributed by atoms with Crippen molar-refractivity contribution in [2.24, 2.45) is 0 Å². The highest BCUT2D eigenvalue weighted by Gasteiger charge is 2.35. The first kappa shape index (κ1) is 34.6. The topological polar surface area (TPSA) is 126 Å². The normalized spacial score (nSPS) is 20.2. The number of carboxylic acid groups (broad SMARTS) is 1. The van der Waals surface area contributed by atoms with Gasteiger partial charge in [0.05, 0.1) is 22.9 Å². The number of piperidine rings is 2. The molecule has 2 aliphatic rings. The number of nitrogens with one attached hydrogen (secondary N) is 1. The molecule has 0 spiro atoms. The molecule has 45 heavy (non-hydrogen) atoms. The van der Waals surface area contributed by atoms with Gasteiger partial charge in [0, 0.05) is 41.8 Å². The van der Waals surface area contributed by atoms with Gasteiger partial charge in [-0.3, -0.25) is 9.69 Å². The average Bonchev–Trinajstić information content (AvgIpc) is 2.98. The van der Waals surface area contributed by atoms with Gasteiger partial charge in [-0.25, -0.2) is 4.79 Å². The molecule has 4 aromatic rings. The maximum atomic E-state index is 13.6. The Morgan fingerprint density at radius 1 is 1.04 bits per heavy atom. The van der Waals surface area contributed by atoms with E-state index in [9.17, 15) is 24.9 Å². The molecule has 6 rings (SSSR count). The van der Waals surface area contributed by atoms with Crippen LogP contribution in [-0.4, -0.2) is 71.7 Å². The van der Waals surface area contributed by atoms with E-state index < -0.39 is 23.5 Å². The molecule has 2 fully saturated rings. The molecule has 1 unspecified atom stereocenters. The molecular formula is C33H36Cl3N3O6. The van der Waals surface area contributed by atoms with E-state index in [1.165, 1.54) is 17.0 Å². The van der Waals surface area contributed by atoms with Gasteiger partial charge in [-0.15, -0.1) is 24.8 Å². The number of aliphatic hydroxyl groups excluding tert-OH is 1. The molecule has 12 heteroatoms. The zero-order valence-electron chi connectivity index (χ0n) is 24.6. The van der Waals surface area contributed by atoms with Gasteiger partial charge in [-0.05, 0) is 69.2 Å². The van der Waals surface area contributed by atoms with E-state index in [0.29, 0.717) is 65.4 Å². The Labute approximate surface area is 278 Å². The number of rotatable bonds is 5. The number of anilines is 1. The first-order chi connectivity index (χ1) is 20.7. The van der Waals surface area contributed by atoms with Gasteiger partial charge in [0.25, 0.3) is 0 Å². The van der Waals surface area contributed by atoms with Crippen molar-refractivity contribution in [3.05, 3.63) is 81.5 Å². The number of likely N-dealkylation sites (tertiary alicyclic amines) is 1. The smallest absolute Gasteiger partial charge is 0.412 e. The molecule has 1 aromatic heterocycles. The minimum absolute atomic E-state index is 0. The Hall–Kier alpha value is -3.31. The van der Waals surface area contributed by atoms with Crippen LogP contribution in [0.15, 0.2) is 69.9 Å². The van der Waals surface area contributed by atoms with E-state index in [1.54, 1.807) is 36.4 Å². The summed E-state index contributed by atoms with van der Waals surface area (Å²) in [5, 5.41) is 36.9. The molecule has 1 amide bonds. The van der Waals surface area contributed by atoms with Gasteiger partial charge in [-0.1, -0.05) is 41.9 Å². The number of phenols is 1. The van der Waals surface area contributed by atoms with E-state index in [1.807, 2.05) is 24.1 Å². The highest BCUT2D eigenvalue weighted by Crippen LogP contribution is 2.46. The van der Waals surface area contributed by atoms with Crippen LogP contribution in [0.3, 0.4) is 0 Å². The minimum Gasteiger partial charge on any atom is -0.507 e. The molecule has 4 N–H and O–H groups in total. The van der Waals surface area contributed by atoms with E-state index in [-0.39, 0.29) is 53.3 Å². The second kappa shape index (κ2) is 14.4. The Morgan fingerprint density at radius 3 is 2.42 bits per heavy atom. The first-order valence-corrected chi connectivity index (χ1v) is 14.9. The molecule has 0 aliphatic carbocycles. The molecule has 240 valence electrons. The highest BCUT2D eigenvalue weighted by atomic mass is 35.5. The van der Waals surface area contributed by atoms with Crippen LogP contribution in [0.4, 0.5) is 10.5 Å². The molecule has 0 saturated carbocycles. The van der Waals surface area contributed by atoms with E-state index >= 15 is 0 Å². The number of para-hydroxylation sites is 1. The molecule has 2 aliphatic heterocycles. The van der Waals surface area contributed by atoms with Crippen molar-refractivity contribution in [2.45, 2.75) is 37.3 Å². The standard InChI is InChI=1S/C33H34ClN3O6.2ClH/c1-36-14-12-22(28(40)18-36)30-23(20-8-3-5-11-25(20)37(33(41)42)19-7-6-13-35-17-19)15-26(38)31-27(39)16-29(43-32(30)31)21-9-2-4-10-24(21)34;;/h2-5,8-11,15-16,19,22,28,35,38,40H,6-7,12-14,17-18H2,1H3,(H,41,42);2*1H/t19?,22-,28+;;/m0../s1. The number of β-amino-alcohol motifs (C(OH)–C–C–N with tert-alkyl or cyclic N) is 1. The zero-order chi connectivity index (χ0) is 30.2. The summed E-state index contributed by atoms with van der Waals surface area (Å²) in [6.45, 7) is 2.43. The average molecular weight is 677 g/mol. The number of aliphatic hydroxyl groups is 1. The van der Waals surface area contributed by atoms with Crippen LogP contribution in [0, 0.1) is 0 Å². The third-order valence-electron chi connectivity index (χ3n) is 8.61. The second-order valence-corrected chi connectivity index (χ2v) is 11.8. The summed E-state index contributed by atoms with van der Waals surface area (Å²) in [5.74, 6) is -0.509. The van der Waals surface area contributed by atoms with Crippen LogP contribution >= 0.6 is 36.4 Å². The third-order valence-corrected chi connectivity index (χ3v) is 8.94. The minimum atomic E-state index is -1.08. The number of fused-ring (bicyclic) bond motifs is 1. The van der Waals surface area contributed by atoms with Crippen LogP contribution < -0.4 is 15.6 Å². The number of benzene rings is 3. The predicted molar refractivity (Wildman–Crippen MR) is 182 cm³/mol. The monoisotopic (exact) mass is 675 g/mol. The first-order valence-electron chi connectivity index (χ1n) is 14.5. The summed E-state index contributed by atoms with van der Waals surface area (Å²) in [7, 11) is 1.93. The van der Waals surface area contributed by atoms with Crippen LogP contribution in [0.1, 0.15) is 30.7 Å². The molecule has 3 atom stereocenters. The maximum Gasteiger partial charge on any atom is 0.412 e. The molecule has 0 bridgehead atoms. The lowest BCUT2D eigenvalue weighted by Gasteiger charge is -2.36. The number of amides is 1. The number of carbonyl (C=O) groups is 1. The number of aromatic hydroxyl groups is 1. The number of phenolic OH excluding ortho intramolecular Hbond substituents is 1. The van der Waals surface area contributed by atoms with Crippen LogP contribution in [0.5, 0.6) is 5.75 Å². The maximum absolute atomic E-state index is 13.6. The van der Waals surface area contributed by atoms with Crippen molar-refractivity contribution >= 4 is 59.2 Å². The molecule has 2 saturated heterocycles. The van der Waals surface area contributed by atoms with Gasteiger partial charge in [0.15, 0.2) is 5.43 Å². The molecular weight excluding hydrogens is 641 g/mol. The zero-order valence-corrected chi connectivity index (χ0v) is 27.0. The molecule has 9 nitrogen and oxygen atoms in total. The SMILES string of the molecule is CN1CC[C@H](c2c(-c3ccccc3N(C(=O)O)C3CCCNC3)cc(O)c3c(=O)cc(-c4ccccc4Cl)oc23)[C@H](O)C1.Cl.Cl. The van der Waals surface area contributed by atoms with Crippen molar-refractivity contribution in [1.82, 2.24) is 10.2 Å². The Morgan fingerprint density at radius 2 is 1.76 bits per heavy atom. The van der Waals surface area contributed by atoms with Gasteiger partial charge in [0.1, 0.15) is 22.5 Å². The van der Waals surface area contributed by atoms with E-state index in [0.717, 1.165) is 13.0 Å². The van der Waals surface area contributed by atoms with Crippen LogP contribution in [-0.2, 0) is 0 Å². The summed E-state index contributed by atoms with van der Waals surface area (Å²) in [6, 6.07) is 16.7. The largest absolute Gasteiger partial charge is 0.507 e. The Kier molecular flexibility index (Phi) is 11.1. The number of halogens is 3. The van der Waals surface area contributed by atoms with Crippen molar-refractivity contribution in [1.29, 1.82) is 0 Å². The quantitative estimate of drug-likeness (QED) is 0.193. The second-order valence-electron chi connectivity index (χ2n) is 11.4. The van der Waals surface area contributed by atoms with Gasteiger partial charge in [0.2, 0.25) is 0 Å². The predicted octanol–water partition coefficient (Wildman–Crippen LogP) is 6.35. The van der Waals surface area contributed by atoms with Gasteiger partial charge >= 0.3 is 6.09 Å². The highest BCUT2D eigenvalue weighted by molar-refractivity contribution is 6.33. The Balaban J connectivity index is 0.00000230. The van der Waals surface area contributed by atoms with Crippen molar-refractivity contribution in [3.8, 4) is 28.2 Å².